The average molecular weight is 232 g/mol. The van der Waals surface area contributed by atoms with Gasteiger partial charge in [0.2, 0.25) is 0 Å². The largest absolute Gasteiger partial charge is 0.612 e. The lowest BCUT2D eigenvalue weighted by Crippen LogP contribution is -2.00. The Morgan fingerprint density at radius 3 is 3.06 bits per heavy atom. The second kappa shape index (κ2) is 3.82. The lowest BCUT2D eigenvalue weighted by atomic mass is 9.96. The molecule has 1 radical (unpaired) electrons. The van der Waals surface area contributed by atoms with E-state index in [2.05, 4.69) is 17.5 Å². The predicted molar refractivity (Wildman–Crippen MR) is 67.0 cm³/mol. The normalized spacial score (nSPS) is 17.4. The highest BCUT2D eigenvalue weighted by Crippen LogP contribution is 2.31. The summed E-state index contributed by atoms with van der Waals surface area (Å²) in [5.41, 5.74) is 3.80. The minimum atomic E-state index is -0.923. The van der Waals surface area contributed by atoms with Crippen LogP contribution in [0.25, 0.3) is 10.9 Å². The van der Waals surface area contributed by atoms with E-state index < -0.39 is 11.2 Å². The number of para-hydroxylation sites is 1. The van der Waals surface area contributed by atoms with Gasteiger partial charge >= 0.3 is 0 Å². The minimum absolute atomic E-state index is 0.923. The van der Waals surface area contributed by atoms with Crippen molar-refractivity contribution in [3.8, 4) is 0 Å². The van der Waals surface area contributed by atoms with Crippen molar-refractivity contribution in [3.63, 3.8) is 0 Å². The fourth-order valence-electron chi connectivity index (χ4n) is 2.48. The summed E-state index contributed by atoms with van der Waals surface area (Å²) in [4.78, 5) is 4.38. The predicted octanol–water partition coefficient (Wildman–Crippen LogP) is 2.60. The molecule has 1 aromatic carbocycles. The number of hydrogen-bond acceptors (Lipinski definition) is 1. The van der Waals surface area contributed by atoms with E-state index in [1.165, 1.54) is 16.6 Å². The Morgan fingerprint density at radius 2 is 2.25 bits per heavy atom. The van der Waals surface area contributed by atoms with Crippen LogP contribution in [0.1, 0.15) is 17.7 Å². The molecule has 83 valence electrons. The van der Waals surface area contributed by atoms with Gasteiger partial charge in [-0.05, 0) is 48.5 Å². The molecule has 1 heterocycles. The number of aromatic nitrogens is 1. The van der Waals surface area contributed by atoms with E-state index >= 15 is 0 Å². The van der Waals surface area contributed by atoms with Gasteiger partial charge in [-0.15, -0.1) is 0 Å². The molecule has 0 saturated heterocycles. The molecule has 1 N–H and O–H groups in total. The summed E-state index contributed by atoms with van der Waals surface area (Å²) in [5, 5.41) is 1.25. The summed E-state index contributed by atoms with van der Waals surface area (Å²) < 4.78 is 11.7. The molecule has 0 saturated carbocycles. The standard InChI is InChI=1S/C13H14NOS/c1-16(15)12-8-4-6-10-9-5-2-3-7-11(9)14-13(10)12/h2,4,6,8,14H,3,5,7H2,1H3. The maximum atomic E-state index is 11.7. The Balaban J connectivity index is 2.29. The zero-order valence-electron chi connectivity index (χ0n) is 9.25. The molecule has 1 atom stereocenters. The number of benzene rings is 1. The van der Waals surface area contributed by atoms with E-state index in [0.29, 0.717) is 0 Å². The van der Waals surface area contributed by atoms with Gasteiger partial charge in [0, 0.05) is 11.1 Å². The van der Waals surface area contributed by atoms with E-state index in [1.807, 2.05) is 12.1 Å². The Labute approximate surface area is 98.2 Å². The quantitative estimate of drug-likeness (QED) is 0.754. The van der Waals surface area contributed by atoms with Gasteiger partial charge in [-0.1, -0.05) is 12.1 Å². The van der Waals surface area contributed by atoms with Crippen LogP contribution >= 0.6 is 0 Å². The molecule has 0 amide bonds. The number of fused-ring (bicyclic) bond motifs is 3. The second-order valence-corrected chi connectivity index (χ2v) is 5.59. The zero-order valence-corrected chi connectivity index (χ0v) is 10.1. The van der Waals surface area contributed by atoms with Gasteiger partial charge in [0.1, 0.15) is 11.8 Å². The van der Waals surface area contributed by atoms with Crippen LogP contribution in [0.2, 0.25) is 0 Å². The third-order valence-corrected chi connectivity index (χ3v) is 4.21. The lowest BCUT2D eigenvalue weighted by molar-refractivity contribution is 0.601. The van der Waals surface area contributed by atoms with Gasteiger partial charge in [-0.3, -0.25) is 0 Å². The number of H-pyrrole nitrogens is 1. The van der Waals surface area contributed by atoms with E-state index in [1.54, 1.807) is 6.26 Å². The fourth-order valence-corrected chi connectivity index (χ4v) is 3.20. The van der Waals surface area contributed by atoms with E-state index in [9.17, 15) is 4.55 Å². The van der Waals surface area contributed by atoms with Crippen LogP contribution in [0.4, 0.5) is 0 Å². The first-order valence-electron chi connectivity index (χ1n) is 5.55. The van der Waals surface area contributed by atoms with Crippen molar-refractivity contribution in [3.05, 3.63) is 35.9 Å². The van der Waals surface area contributed by atoms with Crippen molar-refractivity contribution >= 4 is 22.1 Å². The van der Waals surface area contributed by atoms with Crippen LogP contribution in [0.5, 0.6) is 0 Å². The summed E-state index contributed by atoms with van der Waals surface area (Å²) >= 11 is -0.923. The summed E-state index contributed by atoms with van der Waals surface area (Å²) in [5.74, 6) is 0. The topological polar surface area (TPSA) is 38.8 Å². The molecule has 1 unspecified atom stereocenters. The number of aromatic amines is 1. The highest BCUT2D eigenvalue weighted by atomic mass is 32.2. The molecule has 2 nitrogen and oxygen atoms in total. The third kappa shape index (κ3) is 1.46. The van der Waals surface area contributed by atoms with Crippen molar-refractivity contribution in [2.45, 2.75) is 24.2 Å². The summed E-state index contributed by atoms with van der Waals surface area (Å²) in [7, 11) is 0. The van der Waals surface area contributed by atoms with Gasteiger partial charge in [-0.2, -0.15) is 0 Å². The van der Waals surface area contributed by atoms with E-state index in [-0.39, 0.29) is 0 Å². The Morgan fingerprint density at radius 1 is 1.38 bits per heavy atom. The van der Waals surface area contributed by atoms with Crippen molar-refractivity contribution < 1.29 is 4.55 Å². The molecule has 1 aliphatic carbocycles. The van der Waals surface area contributed by atoms with Gasteiger partial charge in [-0.25, -0.2) is 0 Å². The zero-order chi connectivity index (χ0) is 11.1. The van der Waals surface area contributed by atoms with Crippen LogP contribution in [0.15, 0.2) is 23.1 Å². The van der Waals surface area contributed by atoms with Gasteiger partial charge in [0.15, 0.2) is 4.90 Å². The van der Waals surface area contributed by atoms with Crippen molar-refractivity contribution in [2.24, 2.45) is 0 Å². The first kappa shape index (κ1) is 10.2. The fraction of sp³-hybridized carbons (Fsp3) is 0.308. The first-order valence-corrected chi connectivity index (χ1v) is 7.10. The summed E-state index contributed by atoms with van der Waals surface area (Å²) in [6.45, 7) is 0. The monoisotopic (exact) mass is 232 g/mol. The smallest absolute Gasteiger partial charge is 0.176 e. The summed E-state index contributed by atoms with van der Waals surface area (Å²) in [6, 6.07) is 6.08. The maximum absolute atomic E-state index is 11.7. The number of rotatable bonds is 1. The molecule has 2 aromatic rings. The first-order chi connectivity index (χ1) is 7.77. The highest BCUT2D eigenvalue weighted by Gasteiger charge is 2.19. The Hall–Kier alpha value is -0.930. The van der Waals surface area contributed by atoms with E-state index in [0.717, 1.165) is 29.7 Å². The minimum Gasteiger partial charge on any atom is -0.612 e. The Kier molecular flexibility index (Phi) is 2.45. The molecular weight excluding hydrogens is 218 g/mol. The number of aryl methyl sites for hydroxylation is 1. The van der Waals surface area contributed by atoms with Crippen LogP contribution < -0.4 is 0 Å². The molecular formula is C13H14NOS. The van der Waals surface area contributed by atoms with Crippen molar-refractivity contribution in [1.82, 2.24) is 4.98 Å². The second-order valence-electron chi connectivity index (χ2n) is 4.25. The van der Waals surface area contributed by atoms with Crippen LogP contribution in [-0.4, -0.2) is 15.8 Å². The molecule has 3 rings (SSSR count). The molecule has 1 aromatic heterocycles. The molecule has 16 heavy (non-hydrogen) atoms. The third-order valence-electron chi connectivity index (χ3n) is 3.25. The van der Waals surface area contributed by atoms with Crippen molar-refractivity contribution in [1.29, 1.82) is 0 Å². The highest BCUT2D eigenvalue weighted by molar-refractivity contribution is 7.91. The lowest BCUT2D eigenvalue weighted by Gasteiger charge is -2.09. The maximum Gasteiger partial charge on any atom is 0.176 e. The van der Waals surface area contributed by atoms with E-state index in [4.69, 9.17) is 0 Å². The molecule has 0 aliphatic heterocycles. The molecule has 0 bridgehead atoms. The summed E-state index contributed by atoms with van der Waals surface area (Å²) in [6.07, 6.45) is 7.32. The average Bonchev–Trinajstić information content (AvgIpc) is 2.67. The van der Waals surface area contributed by atoms with Crippen LogP contribution in [0, 0.1) is 6.42 Å². The van der Waals surface area contributed by atoms with Gasteiger partial charge < -0.3 is 9.54 Å². The molecule has 3 heteroatoms. The van der Waals surface area contributed by atoms with Gasteiger partial charge in [0.05, 0.1) is 0 Å². The molecule has 0 fully saturated rings. The Bertz CT molecular complexity index is 530. The molecule has 0 spiro atoms. The van der Waals surface area contributed by atoms with Crippen LogP contribution in [0.3, 0.4) is 0 Å². The van der Waals surface area contributed by atoms with Crippen LogP contribution in [-0.2, 0) is 24.0 Å². The molecule has 1 aliphatic rings. The SMILES string of the molecule is C[S+]([O-])c1cccc2c3c([nH]c12)CC[CH]C3. The van der Waals surface area contributed by atoms with Gasteiger partial charge in [0.25, 0.3) is 0 Å². The van der Waals surface area contributed by atoms with Crippen molar-refractivity contribution in [2.75, 3.05) is 6.26 Å². The number of hydrogen-bond donors (Lipinski definition) is 1. The number of nitrogens with one attached hydrogen (secondary N) is 1.